The monoisotopic (exact) mass is 587 g/mol. The molecule has 0 unspecified atom stereocenters. The highest BCUT2D eigenvalue weighted by molar-refractivity contribution is 6.18. The van der Waals surface area contributed by atoms with E-state index in [0.717, 1.165) is 55.8 Å². The summed E-state index contributed by atoms with van der Waals surface area (Å²) in [5.74, 6) is 1.76. The Hall–Kier alpha value is -6.12. The van der Waals surface area contributed by atoms with Crippen molar-refractivity contribution >= 4 is 32.6 Å². The minimum atomic E-state index is 0.877. The molecule has 0 bridgehead atoms. The normalized spacial score (nSPS) is 11.5. The third-order valence-electron chi connectivity index (χ3n) is 9.04. The molecule has 9 rings (SSSR count). The van der Waals surface area contributed by atoms with E-state index in [0.29, 0.717) is 0 Å². The van der Waals surface area contributed by atoms with E-state index in [1.807, 2.05) is 0 Å². The maximum atomic E-state index is 7.13. The molecule has 0 fully saturated rings. The highest BCUT2D eigenvalue weighted by Gasteiger charge is 2.25. The molecule has 9 aromatic rings. The summed E-state index contributed by atoms with van der Waals surface area (Å²) >= 11 is 0. The van der Waals surface area contributed by atoms with E-state index in [1.165, 1.54) is 27.4 Å². The lowest BCUT2D eigenvalue weighted by Crippen LogP contribution is -1.96. The Morgan fingerprint density at radius 3 is 1.57 bits per heavy atom. The van der Waals surface area contributed by atoms with E-state index in [1.54, 1.807) is 0 Å². The van der Waals surface area contributed by atoms with E-state index in [4.69, 9.17) is 4.42 Å². The van der Waals surface area contributed by atoms with E-state index in [-0.39, 0.29) is 0 Å². The number of nitrogens with zero attached hydrogens (tertiary/aromatic N) is 1. The summed E-state index contributed by atoms with van der Waals surface area (Å²) < 4.78 is 9.53. The maximum Gasteiger partial charge on any atom is 0.145 e. The molecule has 0 radical (unpaired) electrons. The molecule has 0 aliphatic rings. The van der Waals surface area contributed by atoms with E-state index >= 15 is 0 Å². The summed E-state index contributed by atoms with van der Waals surface area (Å²) in [6.07, 6.45) is 0. The molecule has 0 spiro atoms. The van der Waals surface area contributed by atoms with Gasteiger partial charge in [0, 0.05) is 32.8 Å². The van der Waals surface area contributed by atoms with Crippen molar-refractivity contribution in [2.45, 2.75) is 0 Å². The molecule has 2 heterocycles. The Kier molecular flexibility index (Phi) is 6.17. The second kappa shape index (κ2) is 10.8. The number of fused-ring (bicyclic) bond motifs is 4. The predicted molar refractivity (Wildman–Crippen MR) is 192 cm³/mol. The van der Waals surface area contributed by atoms with Crippen molar-refractivity contribution in [3.8, 4) is 50.6 Å². The van der Waals surface area contributed by atoms with Gasteiger partial charge in [-0.3, -0.25) is 0 Å². The molecule has 0 aliphatic heterocycles. The second-order valence-corrected chi connectivity index (χ2v) is 11.7. The third-order valence-corrected chi connectivity index (χ3v) is 9.04. The average molecular weight is 588 g/mol. The molecule has 0 saturated heterocycles. The quantitative estimate of drug-likeness (QED) is 0.196. The van der Waals surface area contributed by atoms with Gasteiger partial charge in [-0.1, -0.05) is 158 Å². The Labute approximate surface area is 267 Å². The van der Waals surface area contributed by atoms with Gasteiger partial charge in [-0.25, -0.2) is 0 Å². The van der Waals surface area contributed by atoms with E-state index in [9.17, 15) is 0 Å². The van der Waals surface area contributed by atoms with Crippen LogP contribution in [0.3, 0.4) is 0 Å². The maximum absolute atomic E-state index is 7.13. The van der Waals surface area contributed by atoms with E-state index < -0.39 is 0 Å². The summed E-state index contributed by atoms with van der Waals surface area (Å²) in [4.78, 5) is 0. The standard InChI is InChI=1S/C44H29NO/c1-4-14-30(15-5-1)31-24-26-33(27-25-31)43-38-21-10-11-22-39(38)44(46-43)41-35(32-16-6-2-7-17-32)28-29-37-36-20-12-13-23-40(36)45(42(37)41)34-18-8-3-9-19-34/h1-29H. The molecule has 2 aromatic heterocycles. The lowest BCUT2D eigenvalue weighted by molar-refractivity contribution is 0.602. The van der Waals surface area contributed by atoms with Crippen LogP contribution in [0, 0.1) is 0 Å². The van der Waals surface area contributed by atoms with Gasteiger partial charge in [0.05, 0.1) is 16.6 Å². The Bertz CT molecular complexity index is 2490. The smallest absolute Gasteiger partial charge is 0.145 e. The van der Waals surface area contributed by atoms with Gasteiger partial charge in [-0.15, -0.1) is 0 Å². The van der Waals surface area contributed by atoms with Crippen LogP contribution in [0.15, 0.2) is 180 Å². The number of hydrogen-bond acceptors (Lipinski definition) is 1. The van der Waals surface area contributed by atoms with Gasteiger partial charge in [0.25, 0.3) is 0 Å². The summed E-state index contributed by atoms with van der Waals surface area (Å²) in [5.41, 5.74) is 10.2. The molecule has 0 aliphatic carbocycles. The lowest BCUT2D eigenvalue weighted by atomic mass is 9.93. The first-order valence-electron chi connectivity index (χ1n) is 15.7. The molecule has 216 valence electrons. The first-order valence-corrected chi connectivity index (χ1v) is 15.7. The molecular weight excluding hydrogens is 558 g/mol. The first-order chi connectivity index (χ1) is 22.8. The zero-order chi connectivity index (χ0) is 30.5. The van der Waals surface area contributed by atoms with Gasteiger partial charge in [0.1, 0.15) is 11.5 Å². The van der Waals surface area contributed by atoms with Crippen LogP contribution >= 0.6 is 0 Å². The number of benzene rings is 7. The van der Waals surface area contributed by atoms with Crippen LogP contribution in [0.5, 0.6) is 0 Å². The molecular formula is C44H29NO. The molecule has 46 heavy (non-hydrogen) atoms. The molecule has 7 aromatic carbocycles. The number of furan rings is 1. The predicted octanol–water partition coefficient (Wildman–Crippen LogP) is 12.2. The van der Waals surface area contributed by atoms with Crippen LogP contribution in [0.4, 0.5) is 0 Å². The van der Waals surface area contributed by atoms with Gasteiger partial charge in [0.2, 0.25) is 0 Å². The lowest BCUT2D eigenvalue weighted by Gasteiger charge is -2.15. The van der Waals surface area contributed by atoms with Crippen molar-refractivity contribution in [3.05, 3.63) is 176 Å². The van der Waals surface area contributed by atoms with Gasteiger partial charge in [0.15, 0.2) is 0 Å². The van der Waals surface area contributed by atoms with Crippen molar-refractivity contribution in [2.75, 3.05) is 0 Å². The number of rotatable bonds is 5. The van der Waals surface area contributed by atoms with Gasteiger partial charge in [-0.05, 0) is 40.5 Å². The number of aromatic nitrogens is 1. The largest absolute Gasteiger partial charge is 0.455 e. The van der Waals surface area contributed by atoms with Crippen LogP contribution in [0.25, 0.3) is 83.2 Å². The summed E-state index contributed by atoms with van der Waals surface area (Å²) in [7, 11) is 0. The summed E-state index contributed by atoms with van der Waals surface area (Å²) in [5, 5.41) is 4.61. The van der Waals surface area contributed by atoms with Gasteiger partial charge < -0.3 is 8.98 Å². The van der Waals surface area contributed by atoms with Crippen molar-refractivity contribution in [3.63, 3.8) is 0 Å². The highest BCUT2D eigenvalue weighted by atomic mass is 16.3. The fourth-order valence-corrected chi connectivity index (χ4v) is 6.93. The molecule has 2 heteroatoms. The summed E-state index contributed by atoms with van der Waals surface area (Å²) in [6.45, 7) is 0. The Morgan fingerprint density at radius 1 is 0.348 bits per heavy atom. The number of para-hydroxylation sites is 2. The van der Waals surface area contributed by atoms with Crippen molar-refractivity contribution in [1.82, 2.24) is 4.57 Å². The fourth-order valence-electron chi connectivity index (χ4n) is 6.93. The minimum Gasteiger partial charge on any atom is -0.455 e. The third kappa shape index (κ3) is 4.19. The Morgan fingerprint density at radius 2 is 0.870 bits per heavy atom. The van der Waals surface area contributed by atoms with Crippen molar-refractivity contribution in [1.29, 1.82) is 0 Å². The topological polar surface area (TPSA) is 18.1 Å². The minimum absolute atomic E-state index is 0.877. The second-order valence-electron chi connectivity index (χ2n) is 11.7. The fraction of sp³-hybridized carbons (Fsp3) is 0. The summed E-state index contributed by atoms with van der Waals surface area (Å²) in [6, 6.07) is 62.4. The van der Waals surface area contributed by atoms with Crippen LogP contribution in [-0.2, 0) is 0 Å². The van der Waals surface area contributed by atoms with E-state index in [2.05, 4.69) is 180 Å². The van der Waals surface area contributed by atoms with Gasteiger partial charge in [-0.2, -0.15) is 0 Å². The molecule has 2 nitrogen and oxygen atoms in total. The molecule has 0 N–H and O–H groups in total. The molecule has 0 atom stereocenters. The zero-order valence-electron chi connectivity index (χ0n) is 25.1. The average Bonchev–Trinajstić information content (AvgIpc) is 3.69. The van der Waals surface area contributed by atoms with Crippen LogP contribution in [0.1, 0.15) is 0 Å². The first kappa shape index (κ1) is 26.3. The molecule has 0 saturated carbocycles. The van der Waals surface area contributed by atoms with Crippen molar-refractivity contribution in [2.24, 2.45) is 0 Å². The number of hydrogen-bond donors (Lipinski definition) is 0. The van der Waals surface area contributed by atoms with Crippen molar-refractivity contribution < 1.29 is 4.42 Å². The van der Waals surface area contributed by atoms with Crippen LogP contribution < -0.4 is 0 Å². The highest BCUT2D eigenvalue weighted by Crippen LogP contribution is 2.48. The Balaban J connectivity index is 1.37. The van der Waals surface area contributed by atoms with Crippen LogP contribution in [0.2, 0.25) is 0 Å². The zero-order valence-corrected chi connectivity index (χ0v) is 25.1. The van der Waals surface area contributed by atoms with Gasteiger partial charge >= 0.3 is 0 Å². The SMILES string of the molecule is c1ccc(-c2ccc(-c3oc(-c4c(-c5ccccc5)ccc5c6ccccc6n(-c6ccccc6)c45)c4ccccc34)cc2)cc1. The molecule has 0 amide bonds. The van der Waals surface area contributed by atoms with Crippen LogP contribution in [-0.4, -0.2) is 4.57 Å².